The Bertz CT molecular complexity index is 266. The van der Waals surface area contributed by atoms with Crippen molar-refractivity contribution in [3.8, 4) is 0 Å². The molecule has 1 aliphatic carbocycles. The predicted octanol–water partition coefficient (Wildman–Crippen LogP) is 2.48. The van der Waals surface area contributed by atoms with Crippen molar-refractivity contribution in [2.75, 3.05) is 5.43 Å². The van der Waals surface area contributed by atoms with Gasteiger partial charge in [-0.2, -0.15) is 0 Å². The lowest BCUT2D eigenvalue weighted by molar-refractivity contribution is 0.442. The van der Waals surface area contributed by atoms with Gasteiger partial charge >= 0.3 is 0 Å². The summed E-state index contributed by atoms with van der Waals surface area (Å²) >= 11 is 1.73. The summed E-state index contributed by atoms with van der Waals surface area (Å²) in [7, 11) is 0. The lowest BCUT2D eigenvalue weighted by atomic mass is 9.90. The van der Waals surface area contributed by atoms with Crippen LogP contribution in [0.1, 0.15) is 43.0 Å². The molecule has 1 aromatic rings. The third kappa shape index (κ3) is 2.00. The maximum atomic E-state index is 5.29. The van der Waals surface area contributed by atoms with Crippen LogP contribution in [0.25, 0.3) is 0 Å². The number of hydrogen-bond donors (Lipinski definition) is 2. The highest BCUT2D eigenvalue weighted by atomic mass is 32.1. The molecule has 0 aliphatic heterocycles. The largest absolute Gasteiger partial charge is 0.308 e. The topological polar surface area (TPSA) is 50.9 Å². The number of nitrogen functional groups attached to an aromatic ring is 1. The highest BCUT2D eigenvalue weighted by Gasteiger charge is 2.18. The number of nitrogens with one attached hydrogen (secondary N) is 1. The van der Waals surface area contributed by atoms with E-state index in [1.807, 2.05) is 5.38 Å². The number of nitrogens with zero attached hydrogens (tertiary/aromatic N) is 1. The summed E-state index contributed by atoms with van der Waals surface area (Å²) < 4.78 is 0. The standard InChI is InChI=1S/C9H15N3S/c10-12-8-6-13-9(11-8)7-4-2-1-3-5-7/h6-7,12H,1-5,10H2. The van der Waals surface area contributed by atoms with E-state index < -0.39 is 0 Å². The Labute approximate surface area is 82.3 Å². The Morgan fingerprint density at radius 1 is 1.38 bits per heavy atom. The van der Waals surface area contributed by atoms with Gasteiger partial charge in [-0.1, -0.05) is 19.3 Å². The first kappa shape index (κ1) is 8.97. The Hall–Kier alpha value is -0.610. The molecule has 1 aliphatic rings. The molecule has 1 fully saturated rings. The van der Waals surface area contributed by atoms with Crippen molar-refractivity contribution < 1.29 is 0 Å². The van der Waals surface area contributed by atoms with Gasteiger partial charge in [0.25, 0.3) is 0 Å². The lowest BCUT2D eigenvalue weighted by Crippen LogP contribution is -2.08. The van der Waals surface area contributed by atoms with E-state index in [1.54, 1.807) is 11.3 Å². The van der Waals surface area contributed by atoms with Gasteiger partial charge < -0.3 is 5.43 Å². The monoisotopic (exact) mass is 197 g/mol. The minimum Gasteiger partial charge on any atom is -0.308 e. The molecule has 1 aromatic heterocycles. The van der Waals surface area contributed by atoms with Crippen LogP contribution in [0.3, 0.4) is 0 Å². The van der Waals surface area contributed by atoms with E-state index in [0.29, 0.717) is 5.92 Å². The number of nitrogens with two attached hydrogens (primary N) is 1. The van der Waals surface area contributed by atoms with Gasteiger partial charge in [0.05, 0.1) is 5.01 Å². The normalized spacial score (nSPS) is 18.8. The molecule has 0 unspecified atom stereocenters. The number of rotatable bonds is 2. The van der Waals surface area contributed by atoms with Gasteiger partial charge in [-0.3, -0.25) is 0 Å². The van der Waals surface area contributed by atoms with Crippen LogP contribution in [0, 0.1) is 0 Å². The number of aromatic nitrogens is 1. The van der Waals surface area contributed by atoms with Crippen molar-refractivity contribution in [2.24, 2.45) is 5.84 Å². The highest BCUT2D eigenvalue weighted by Crippen LogP contribution is 2.34. The molecule has 0 radical (unpaired) electrons. The van der Waals surface area contributed by atoms with Crippen LogP contribution in [0.4, 0.5) is 5.82 Å². The molecule has 3 nitrogen and oxygen atoms in total. The molecule has 13 heavy (non-hydrogen) atoms. The Morgan fingerprint density at radius 3 is 2.77 bits per heavy atom. The molecule has 0 amide bonds. The van der Waals surface area contributed by atoms with Crippen LogP contribution >= 0.6 is 11.3 Å². The predicted molar refractivity (Wildman–Crippen MR) is 55.8 cm³/mol. The number of hydrazine groups is 1. The molecule has 0 saturated heterocycles. The number of hydrogen-bond acceptors (Lipinski definition) is 4. The second kappa shape index (κ2) is 4.07. The zero-order valence-corrected chi connectivity index (χ0v) is 8.44. The fourth-order valence-corrected chi connectivity index (χ4v) is 2.82. The summed E-state index contributed by atoms with van der Waals surface area (Å²) in [6.07, 6.45) is 6.71. The molecule has 72 valence electrons. The minimum atomic E-state index is 0.695. The van der Waals surface area contributed by atoms with Crippen LogP contribution in [0.2, 0.25) is 0 Å². The second-order valence-corrected chi connectivity index (χ2v) is 4.44. The second-order valence-electron chi connectivity index (χ2n) is 3.55. The lowest BCUT2D eigenvalue weighted by Gasteiger charge is -2.18. The van der Waals surface area contributed by atoms with Crippen molar-refractivity contribution in [1.29, 1.82) is 0 Å². The summed E-state index contributed by atoms with van der Waals surface area (Å²) in [5.74, 6) is 6.79. The maximum absolute atomic E-state index is 5.29. The van der Waals surface area contributed by atoms with Crippen molar-refractivity contribution in [2.45, 2.75) is 38.0 Å². The summed E-state index contributed by atoms with van der Waals surface area (Å²) in [4.78, 5) is 4.43. The molecular weight excluding hydrogens is 182 g/mol. The van der Waals surface area contributed by atoms with Gasteiger partial charge in [-0.15, -0.1) is 11.3 Å². The molecule has 0 atom stereocenters. The molecule has 4 heteroatoms. The molecule has 2 rings (SSSR count). The third-order valence-corrected chi connectivity index (χ3v) is 3.63. The maximum Gasteiger partial charge on any atom is 0.151 e. The van der Waals surface area contributed by atoms with Gasteiger partial charge in [0.2, 0.25) is 0 Å². The first-order valence-electron chi connectivity index (χ1n) is 4.82. The van der Waals surface area contributed by atoms with Crippen LogP contribution in [-0.4, -0.2) is 4.98 Å². The fraction of sp³-hybridized carbons (Fsp3) is 0.667. The average Bonchev–Trinajstić information content (AvgIpc) is 2.67. The van der Waals surface area contributed by atoms with Gasteiger partial charge in [-0.25, -0.2) is 10.8 Å². The molecule has 0 aromatic carbocycles. The first-order chi connectivity index (χ1) is 6.40. The summed E-state index contributed by atoms with van der Waals surface area (Å²) in [5, 5.41) is 3.25. The number of thiazole rings is 1. The van der Waals surface area contributed by atoms with Gasteiger partial charge in [0.1, 0.15) is 0 Å². The molecule has 0 spiro atoms. The fourth-order valence-electron chi connectivity index (χ4n) is 1.89. The van der Waals surface area contributed by atoms with E-state index >= 15 is 0 Å². The molecule has 1 heterocycles. The molecule has 1 saturated carbocycles. The molecule has 0 bridgehead atoms. The van der Waals surface area contributed by atoms with Crippen molar-refractivity contribution in [3.05, 3.63) is 10.4 Å². The van der Waals surface area contributed by atoms with Crippen LogP contribution in [0.15, 0.2) is 5.38 Å². The van der Waals surface area contributed by atoms with Crippen molar-refractivity contribution in [3.63, 3.8) is 0 Å². The average molecular weight is 197 g/mol. The van der Waals surface area contributed by atoms with E-state index in [0.717, 1.165) is 5.82 Å². The van der Waals surface area contributed by atoms with Crippen LogP contribution < -0.4 is 11.3 Å². The van der Waals surface area contributed by atoms with Gasteiger partial charge in [-0.05, 0) is 12.8 Å². The number of anilines is 1. The van der Waals surface area contributed by atoms with Crippen molar-refractivity contribution >= 4 is 17.2 Å². The van der Waals surface area contributed by atoms with Crippen LogP contribution in [0.5, 0.6) is 0 Å². The van der Waals surface area contributed by atoms with Crippen molar-refractivity contribution in [1.82, 2.24) is 4.98 Å². The smallest absolute Gasteiger partial charge is 0.151 e. The first-order valence-corrected chi connectivity index (χ1v) is 5.70. The Morgan fingerprint density at radius 2 is 2.15 bits per heavy atom. The van der Waals surface area contributed by atoms with Crippen LogP contribution in [-0.2, 0) is 0 Å². The third-order valence-electron chi connectivity index (χ3n) is 2.62. The van der Waals surface area contributed by atoms with E-state index in [2.05, 4.69) is 10.4 Å². The van der Waals surface area contributed by atoms with Gasteiger partial charge in [0.15, 0.2) is 5.82 Å². The zero-order valence-electron chi connectivity index (χ0n) is 7.62. The Kier molecular flexibility index (Phi) is 2.80. The minimum absolute atomic E-state index is 0.695. The van der Waals surface area contributed by atoms with E-state index in [-0.39, 0.29) is 0 Å². The van der Waals surface area contributed by atoms with E-state index in [1.165, 1.54) is 37.1 Å². The quantitative estimate of drug-likeness (QED) is 0.565. The summed E-state index contributed by atoms with van der Waals surface area (Å²) in [6.45, 7) is 0. The summed E-state index contributed by atoms with van der Waals surface area (Å²) in [6, 6.07) is 0. The highest BCUT2D eigenvalue weighted by molar-refractivity contribution is 7.10. The summed E-state index contributed by atoms with van der Waals surface area (Å²) in [5.41, 5.74) is 2.59. The molecular formula is C9H15N3S. The SMILES string of the molecule is NNc1csc(C2CCCCC2)n1. The van der Waals surface area contributed by atoms with E-state index in [4.69, 9.17) is 5.84 Å². The molecule has 3 N–H and O–H groups in total. The zero-order chi connectivity index (χ0) is 9.10. The van der Waals surface area contributed by atoms with Gasteiger partial charge in [0, 0.05) is 11.3 Å². The Balaban J connectivity index is 2.05. The van der Waals surface area contributed by atoms with E-state index in [9.17, 15) is 0 Å².